The van der Waals surface area contributed by atoms with Crippen molar-refractivity contribution in [1.82, 2.24) is 4.90 Å². The Labute approximate surface area is 91.5 Å². The second kappa shape index (κ2) is 4.84. The Morgan fingerprint density at radius 2 is 2.13 bits per heavy atom. The molecule has 1 saturated heterocycles. The number of rotatable bonds is 2. The van der Waals surface area contributed by atoms with Crippen molar-refractivity contribution in [3.63, 3.8) is 0 Å². The standard InChI is InChI=1S/C11H21NO3/c1-5-14-9-7-6-8-12(9)10(13)15-11(2,3)4/h9H,5-8H2,1-4H3. The van der Waals surface area contributed by atoms with Gasteiger partial charge in [-0.1, -0.05) is 0 Å². The van der Waals surface area contributed by atoms with E-state index in [2.05, 4.69) is 0 Å². The summed E-state index contributed by atoms with van der Waals surface area (Å²) >= 11 is 0. The maximum Gasteiger partial charge on any atom is 0.412 e. The molecule has 1 aliphatic heterocycles. The lowest BCUT2D eigenvalue weighted by atomic mass is 10.2. The number of amides is 1. The lowest BCUT2D eigenvalue weighted by Crippen LogP contribution is -2.40. The fraction of sp³-hybridized carbons (Fsp3) is 0.909. The highest BCUT2D eigenvalue weighted by atomic mass is 16.6. The Kier molecular flexibility index (Phi) is 3.97. The Morgan fingerprint density at radius 3 is 2.67 bits per heavy atom. The molecule has 1 aliphatic rings. The fourth-order valence-corrected chi connectivity index (χ4v) is 1.63. The van der Waals surface area contributed by atoms with Crippen LogP contribution in [0.25, 0.3) is 0 Å². The lowest BCUT2D eigenvalue weighted by Gasteiger charge is -2.28. The maximum absolute atomic E-state index is 11.8. The molecule has 15 heavy (non-hydrogen) atoms. The normalized spacial score (nSPS) is 21.9. The van der Waals surface area contributed by atoms with Crippen LogP contribution in [0.2, 0.25) is 0 Å². The van der Waals surface area contributed by atoms with Gasteiger partial charge in [-0.15, -0.1) is 0 Å². The topological polar surface area (TPSA) is 38.8 Å². The maximum atomic E-state index is 11.8. The van der Waals surface area contributed by atoms with Crippen LogP contribution >= 0.6 is 0 Å². The summed E-state index contributed by atoms with van der Waals surface area (Å²) in [5.41, 5.74) is -0.434. The van der Waals surface area contributed by atoms with Crippen LogP contribution in [0.4, 0.5) is 4.79 Å². The average Bonchev–Trinajstić information content (AvgIpc) is 2.49. The van der Waals surface area contributed by atoms with E-state index in [1.165, 1.54) is 0 Å². The van der Waals surface area contributed by atoms with Gasteiger partial charge in [-0.2, -0.15) is 0 Å². The van der Waals surface area contributed by atoms with Crippen molar-refractivity contribution in [2.75, 3.05) is 13.2 Å². The van der Waals surface area contributed by atoms with Gasteiger partial charge in [0.1, 0.15) is 11.8 Å². The average molecular weight is 215 g/mol. The predicted octanol–water partition coefficient (Wildman–Crippen LogP) is 2.38. The second-order valence-electron chi connectivity index (χ2n) is 4.73. The zero-order valence-electron chi connectivity index (χ0n) is 10.1. The lowest BCUT2D eigenvalue weighted by molar-refractivity contribution is -0.0450. The van der Waals surface area contributed by atoms with Crippen LogP contribution in [0.5, 0.6) is 0 Å². The van der Waals surface area contributed by atoms with Crippen molar-refractivity contribution in [3.05, 3.63) is 0 Å². The molecule has 1 amide bonds. The number of likely N-dealkylation sites (tertiary alicyclic amines) is 1. The molecular formula is C11H21NO3. The minimum atomic E-state index is -0.434. The first-order valence-electron chi connectivity index (χ1n) is 5.55. The molecule has 0 saturated carbocycles. The van der Waals surface area contributed by atoms with Gasteiger partial charge in [0.05, 0.1) is 0 Å². The van der Waals surface area contributed by atoms with E-state index in [1.54, 1.807) is 4.90 Å². The third kappa shape index (κ3) is 3.70. The molecule has 4 heteroatoms. The monoisotopic (exact) mass is 215 g/mol. The Bertz CT molecular complexity index is 222. The molecule has 1 unspecified atom stereocenters. The van der Waals surface area contributed by atoms with Crippen molar-refractivity contribution in [2.24, 2.45) is 0 Å². The van der Waals surface area contributed by atoms with Crippen LogP contribution in [0, 0.1) is 0 Å². The van der Waals surface area contributed by atoms with E-state index in [4.69, 9.17) is 9.47 Å². The van der Waals surface area contributed by atoms with Gasteiger partial charge in [0.25, 0.3) is 0 Å². The molecule has 0 aromatic carbocycles. The number of carbonyl (C=O) groups excluding carboxylic acids is 1. The fourth-order valence-electron chi connectivity index (χ4n) is 1.63. The number of hydrogen-bond donors (Lipinski definition) is 0. The smallest absolute Gasteiger partial charge is 0.412 e. The van der Waals surface area contributed by atoms with Gasteiger partial charge >= 0.3 is 6.09 Å². The van der Waals surface area contributed by atoms with E-state index in [1.807, 2.05) is 27.7 Å². The van der Waals surface area contributed by atoms with E-state index >= 15 is 0 Å². The summed E-state index contributed by atoms with van der Waals surface area (Å²) in [6.07, 6.45) is 1.54. The van der Waals surface area contributed by atoms with Gasteiger partial charge in [0.2, 0.25) is 0 Å². The highest BCUT2D eigenvalue weighted by molar-refractivity contribution is 5.68. The number of hydrogen-bond acceptors (Lipinski definition) is 3. The van der Waals surface area contributed by atoms with E-state index in [-0.39, 0.29) is 12.3 Å². The zero-order valence-corrected chi connectivity index (χ0v) is 10.1. The first-order chi connectivity index (χ1) is 6.94. The van der Waals surface area contributed by atoms with Crippen LogP contribution in [0.15, 0.2) is 0 Å². The van der Waals surface area contributed by atoms with E-state index in [0.717, 1.165) is 19.4 Å². The molecule has 4 nitrogen and oxygen atoms in total. The number of nitrogens with zero attached hydrogens (tertiary/aromatic N) is 1. The van der Waals surface area contributed by atoms with Gasteiger partial charge in [0, 0.05) is 13.2 Å². The molecule has 1 atom stereocenters. The Hall–Kier alpha value is -0.770. The van der Waals surface area contributed by atoms with Gasteiger partial charge in [-0.3, -0.25) is 4.90 Å². The number of carbonyl (C=O) groups is 1. The van der Waals surface area contributed by atoms with Crippen LogP contribution in [0.3, 0.4) is 0 Å². The van der Waals surface area contributed by atoms with Crippen molar-refractivity contribution in [1.29, 1.82) is 0 Å². The van der Waals surface area contributed by atoms with Crippen LogP contribution < -0.4 is 0 Å². The summed E-state index contributed by atoms with van der Waals surface area (Å²) in [6, 6.07) is 0. The molecule has 0 bridgehead atoms. The summed E-state index contributed by atoms with van der Waals surface area (Å²) < 4.78 is 10.8. The second-order valence-corrected chi connectivity index (χ2v) is 4.73. The molecular weight excluding hydrogens is 194 g/mol. The third-order valence-electron chi connectivity index (χ3n) is 2.18. The summed E-state index contributed by atoms with van der Waals surface area (Å²) in [5.74, 6) is 0. The zero-order chi connectivity index (χ0) is 11.5. The van der Waals surface area contributed by atoms with E-state index in [9.17, 15) is 4.79 Å². The molecule has 1 fully saturated rings. The minimum absolute atomic E-state index is 0.0927. The first kappa shape index (κ1) is 12.3. The van der Waals surface area contributed by atoms with Crippen LogP contribution in [0.1, 0.15) is 40.5 Å². The first-order valence-corrected chi connectivity index (χ1v) is 5.55. The molecule has 0 aromatic heterocycles. The van der Waals surface area contributed by atoms with Crippen molar-refractivity contribution >= 4 is 6.09 Å². The molecule has 88 valence electrons. The quantitative estimate of drug-likeness (QED) is 0.710. The van der Waals surface area contributed by atoms with Gasteiger partial charge in [0.15, 0.2) is 0 Å². The number of ether oxygens (including phenoxy) is 2. The predicted molar refractivity (Wildman–Crippen MR) is 57.6 cm³/mol. The highest BCUT2D eigenvalue weighted by Gasteiger charge is 2.32. The summed E-state index contributed by atoms with van der Waals surface area (Å²) in [4.78, 5) is 13.4. The summed E-state index contributed by atoms with van der Waals surface area (Å²) in [7, 11) is 0. The summed E-state index contributed by atoms with van der Waals surface area (Å²) in [5, 5.41) is 0. The van der Waals surface area contributed by atoms with Gasteiger partial charge in [-0.25, -0.2) is 4.79 Å². The van der Waals surface area contributed by atoms with Crippen LogP contribution in [-0.4, -0.2) is 36.0 Å². The molecule has 0 aliphatic carbocycles. The molecule has 1 rings (SSSR count). The third-order valence-corrected chi connectivity index (χ3v) is 2.18. The van der Waals surface area contributed by atoms with Crippen molar-refractivity contribution in [3.8, 4) is 0 Å². The highest BCUT2D eigenvalue weighted by Crippen LogP contribution is 2.21. The molecule has 0 N–H and O–H groups in total. The molecule has 0 aromatic rings. The Morgan fingerprint density at radius 1 is 1.47 bits per heavy atom. The SMILES string of the molecule is CCOC1CCCN1C(=O)OC(C)(C)C. The molecule has 0 radical (unpaired) electrons. The largest absolute Gasteiger partial charge is 0.444 e. The van der Waals surface area contributed by atoms with E-state index < -0.39 is 5.60 Å². The van der Waals surface area contributed by atoms with Gasteiger partial charge < -0.3 is 9.47 Å². The molecule has 0 spiro atoms. The minimum Gasteiger partial charge on any atom is -0.444 e. The van der Waals surface area contributed by atoms with Crippen molar-refractivity contribution < 1.29 is 14.3 Å². The van der Waals surface area contributed by atoms with Crippen LogP contribution in [-0.2, 0) is 9.47 Å². The van der Waals surface area contributed by atoms with Gasteiger partial charge in [-0.05, 0) is 40.5 Å². The van der Waals surface area contributed by atoms with E-state index in [0.29, 0.717) is 6.61 Å². The Balaban J connectivity index is 2.51. The van der Waals surface area contributed by atoms with Crippen molar-refractivity contribution in [2.45, 2.75) is 52.4 Å². The molecule has 1 heterocycles. The summed E-state index contributed by atoms with van der Waals surface area (Å²) in [6.45, 7) is 8.92.